The van der Waals surface area contributed by atoms with E-state index in [1.165, 1.54) is 16.7 Å². The molecule has 1 rings (SSSR count). The fourth-order valence-corrected chi connectivity index (χ4v) is 2.02. The summed E-state index contributed by atoms with van der Waals surface area (Å²) in [4.78, 5) is 14.0. The number of aryl methyl sites for hydroxylation is 2. The molecule has 0 aromatic heterocycles. The number of amides is 1. The number of nitrogens with zero attached hydrogens (tertiary/aromatic N) is 1. The zero-order valence-corrected chi connectivity index (χ0v) is 13.7. The largest absolute Gasteiger partial charge is 0.341 e. The van der Waals surface area contributed by atoms with Gasteiger partial charge >= 0.3 is 0 Å². The van der Waals surface area contributed by atoms with Gasteiger partial charge in [0.1, 0.15) is 0 Å². The van der Waals surface area contributed by atoms with Crippen LogP contribution in [0.15, 0.2) is 18.2 Å². The van der Waals surface area contributed by atoms with Crippen LogP contribution < -0.4 is 5.73 Å². The summed E-state index contributed by atoms with van der Waals surface area (Å²) < 4.78 is 0. The lowest BCUT2D eigenvalue weighted by Gasteiger charge is -2.28. The number of hydrogen-bond acceptors (Lipinski definition) is 2. The summed E-state index contributed by atoms with van der Waals surface area (Å²) in [6.07, 6.45) is 0.394. The average Bonchev–Trinajstić information content (AvgIpc) is 2.31. The summed E-state index contributed by atoms with van der Waals surface area (Å²) in [5.41, 5.74) is 9.70. The molecule has 1 unspecified atom stereocenters. The zero-order valence-electron chi connectivity index (χ0n) is 13.7. The van der Waals surface area contributed by atoms with Crippen LogP contribution in [-0.4, -0.2) is 23.9 Å². The highest BCUT2D eigenvalue weighted by Gasteiger charge is 2.24. The van der Waals surface area contributed by atoms with E-state index in [0.29, 0.717) is 13.0 Å². The van der Waals surface area contributed by atoms with Crippen molar-refractivity contribution in [3.8, 4) is 0 Å². The molecule has 0 aliphatic carbocycles. The lowest BCUT2D eigenvalue weighted by Crippen LogP contribution is -2.40. The SMILES string of the molecule is Cc1ccc(CN(C)C(=O)CC(N)C(C)(C)C)c(C)c1. The van der Waals surface area contributed by atoms with Crippen LogP contribution in [0.25, 0.3) is 0 Å². The van der Waals surface area contributed by atoms with Crippen LogP contribution in [-0.2, 0) is 11.3 Å². The molecule has 1 aromatic carbocycles. The third-order valence-electron chi connectivity index (χ3n) is 3.84. The fraction of sp³-hybridized carbons (Fsp3) is 0.588. The van der Waals surface area contributed by atoms with Crippen LogP contribution >= 0.6 is 0 Å². The molecule has 3 nitrogen and oxygen atoms in total. The van der Waals surface area contributed by atoms with Crippen molar-refractivity contribution in [3.05, 3.63) is 34.9 Å². The minimum atomic E-state index is -0.114. The van der Waals surface area contributed by atoms with Crippen LogP contribution in [0, 0.1) is 19.3 Å². The topological polar surface area (TPSA) is 46.3 Å². The van der Waals surface area contributed by atoms with Crippen molar-refractivity contribution >= 4 is 5.91 Å². The first-order valence-electron chi connectivity index (χ1n) is 7.17. The molecule has 0 spiro atoms. The van der Waals surface area contributed by atoms with Gasteiger partial charge in [-0.05, 0) is 30.4 Å². The summed E-state index contributed by atoms with van der Waals surface area (Å²) >= 11 is 0. The number of nitrogens with two attached hydrogens (primary N) is 1. The van der Waals surface area contributed by atoms with E-state index in [1.807, 2.05) is 7.05 Å². The van der Waals surface area contributed by atoms with Gasteiger partial charge in [-0.25, -0.2) is 0 Å². The van der Waals surface area contributed by atoms with Gasteiger partial charge in [0.2, 0.25) is 5.91 Å². The predicted molar refractivity (Wildman–Crippen MR) is 84.4 cm³/mol. The summed E-state index contributed by atoms with van der Waals surface area (Å²) in [6, 6.07) is 6.21. The highest BCUT2D eigenvalue weighted by Crippen LogP contribution is 2.21. The zero-order chi connectivity index (χ0) is 15.5. The van der Waals surface area contributed by atoms with Crippen molar-refractivity contribution in [2.75, 3.05) is 7.05 Å². The first-order valence-corrected chi connectivity index (χ1v) is 7.17. The highest BCUT2D eigenvalue weighted by atomic mass is 16.2. The van der Waals surface area contributed by atoms with Crippen molar-refractivity contribution in [1.82, 2.24) is 4.90 Å². The Morgan fingerprint density at radius 2 is 1.90 bits per heavy atom. The van der Waals surface area contributed by atoms with Gasteiger partial charge in [0.25, 0.3) is 0 Å². The Bertz CT molecular complexity index is 474. The lowest BCUT2D eigenvalue weighted by atomic mass is 9.85. The van der Waals surface area contributed by atoms with Gasteiger partial charge in [0.15, 0.2) is 0 Å². The van der Waals surface area contributed by atoms with E-state index in [-0.39, 0.29) is 17.4 Å². The molecule has 3 heteroatoms. The number of carbonyl (C=O) groups is 1. The lowest BCUT2D eigenvalue weighted by molar-refractivity contribution is -0.131. The molecule has 0 saturated heterocycles. The normalized spacial score (nSPS) is 13.2. The minimum absolute atomic E-state index is 0.0454. The maximum absolute atomic E-state index is 12.2. The van der Waals surface area contributed by atoms with Crippen LogP contribution in [0.5, 0.6) is 0 Å². The predicted octanol–water partition coefficient (Wildman–Crippen LogP) is 3.03. The van der Waals surface area contributed by atoms with Crippen molar-refractivity contribution in [3.63, 3.8) is 0 Å². The molecule has 1 amide bonds. The average molecular weight is 276 g/mol. The molecule has 1 aromatic rings. The Labute approximate surface area is 123 Å². The number of hydrogen-bond donors (Lipinski definition) is 1. The Hall–Kier alpha value is -1.35. The third-order valence-corrected chi connectivity index (χ3v) is 3.84. The van der Waals surface area contributed by atoms with Crippen LogP contribution in [0.1, 0.15) is 43.9 Å². The summed E-state index contributed by atoms with van der Waals surface area (Å²) in [5, 5.41) is 0. The fourth-order valence-electron chi connectivity index (χ4n) is 2.02. The van der Waals surface area contributed by atoms with Gasteiger partial charge in [-0.3, -0.25) is 4.79 Å². The van der Waals surface area contributed by atoms with Gasteiger partial charge in [-0.15, -0.1) is 0 Å². The van der Waals surface area contributed by atoms with E-state index in [9.17, 15) is 4.79 Å². The van der Waals surface area contributed by atoms with Gasteiger partial charge in [0, 0.05) is 26.1 Å². The van der Waals surface area contributed by atoms with E-state index < -0.39 is 0 Å². The minimum Gasteiger partial charge on any atom is -0.341 e. The quantitative estimate of drug-likeness (QED) is 0.919. The van der Waals surface area contributed by atoms with E-state index in [4.69, 9.17) is 5.73 Å². The van der Waals surface area contributed by atoms with E-state index in [2.05, 4.69) is 52.8 Å². The van der Waals surface area contributed by atoms with Gasteiger partial charge in [0.05, 0.1) is 0 Å². The van der Waals surface area contributed by atoms with Gasteiger partial charge in [-0.1, -0.05) is 44.5 Å². The van der Waals surface area contributed by atoms with Crippen LogP contribution in [0.2, 0.25) is 0 Å². The van der Waals surface area contributed by atoms with Gasteiger partial charge < -0.3 is 10.6 Å². The first kappa shape index (κ1) is 16.7. The Kier molecular flexibility index (Phi) is 5.35. The van der Waals surface area contributed by atoms with E-state index in [0.717, 1.165) is 0 Å². The molecule has 0 bridgehead atoms. The number of benzene rings is 1. The van der Waals surface area contributed by atoms with Crippen molar-refractivity contribution < 1.29 is 4.79 Å². The van der Waals surface area contributed by atoms with E-state index >= 15 is 0 Å². The number of carbonyl (C=O) groups excluding carboxylic acids is 1. The van der Waals surface area contributed by atoms with Crippen LogP contribution in [0.4, 0.5) is 0 Å². The number of rotatable bonds is 4. The van der Waals surface area contributed by atoms with E-state index in [1.54, 1.807) is 4.90 Å². The standard InChI is InChI=1S/C17H28N2O/c1-12-7-8-14(13(2)9-12)11-19(6)16(20)10-15(18)17(3,4)5/h7-9,15H,10-11,18H2,1-6H3. The summed E-state index contributed by atoms with van der Waals surface area (Å²) in [5.74, 6) is 0.104. The monoisotopic (exact) mass is 276 g/mol. The molecule has 0 aliphatic heterocycles. The summed E-state index contributed by atoms with van der Waals surface area (Å²) in [6.45, 7) is 11.0. The molecule has 0 radical (unpaired) electrons. The van der Waals surface area contributed by atoms with Crippen molar-refractivity contribution in [1.29, 1.82) is 0 Å². The maximum Gasteiger partial charge on any atom is 0.224 e. The first-order chi connectivity index (χ1) is 9.11. The molecule has 1 atom stereocenters. The van der Waals surface area contributed by atoms with Gasteiger partial charge in [-0.2, -0.15) is 0 Å². The molecule has 20 heavy (non-hydrogen) atoms. The maximum atomic E-state index is 12.2. The highest BCUT2D eigenvalue weighted by molar-refractivity contribution is 5.76. The second-order valence-electron chi connectivity index (χ2n) is 6.86. The van der Waals surface area contributed by atoms with Crippen LogP contribution in [0.3, 0.4) is 0 Å². The molecule has 0 fully saturated rings. The molecule has 112 valence electrons. The molecule has 0 heterocycles. The second kappa shape index (κ2) is 6.40. The Morgan fingerprint density at radius 3 is 2.40 bits per heavy atom. The molecule has 2 N–H and O–H groups in total. The Balaban J connectivity index is 2.66. The second-order valence-corrected chi connectivity index (χ2v) is 6.86. The molecular formula is C17H28N2O. The Morgan fingerprint density at radius 1 is 1.30 bits per heavy atom. The molecule has 0 saturated carbocycles. The summed E-state index contributed by atoms with van der Waals surface area (Å²) in [7, 11) is 1.84. The van der Waals surface area contributed by atoms with Crippen molar-refractivity contribution in [2.45, 2.75) is 53.6 Å². The molecular weight excluding hydrogens is 248 g/mol. The third kappa shape index (κ3) is 4.64. The van der Waals surface area contributed by atoms with Crippen molar-refractivity contribution in [2.24, 2.45) is 11.1 Å². The molecule has 0 aliphatic rings. The smallest absolute Gasteiger partial charge is 0.224 e.